The lowest BCUT2D eigenvalue weighted by molar-refractivity contribution is 0.0973. The molecule has 0 fully saturated rings. The van der Waals surface area contributed by atoms with Crippen LogP contribution >= 0.6 is 11.3 Å². The molecule has 0 saturated heterocycles. The number of hydrogen-bond donors (Lipinski definition) is 0. The normalized spacial score (nSPS) is 11.7. The number of rotatable bonds is 6. The van der Waals surface area contributed by atoms with E-state index in [2.05, 4.69) is 16.1 Å². The standard InChI is InChI=1S/C19H25N5OS/c1-13(2)24-15(9-10-20-24)18(25)23(12-11-22(4)5)19-21-17-14(3)7-6-8-16(17)26-19/h6-10,13H,11-12H2,1-5H3. The van der Waals surface area contributed by atoms with Gasteiger partial charge in [-0.25, -0.2) is 4.98 Å². The maximum absolute atomic E-state index is 13.3. The minimum Gasteiger partial charge on any atom is -0.308 e. The number of anilines is 1. The number of hydrogen-bond acceptors (Lipinski definition) is 5. The van der Waals surface area contributed by atoms with E-state index in [1.54, 1.807) is 33.2 Å². The number of likely N-dealkylation sites (N-methyl/N-ethyl adjacent to an activating group) is 1. The van der Waals surface area contributed by atoms with Gasteiger partial charge in [0.1, 0.15) is 5.69 Å². The van der Waals surface area contributed by atoms with Crippen molar-refractivity contribution >= 4 is 32.6 Å². The first-order chi connectivity index (χ1) is 12.4. The number of aryl methyl sites for hydroxylation is 1. The van der Waals surface area contributed by atoms with Gasteiger partial charge in [0, 0.05) is 25.3 Å². The van der Waals surface area contributed by atoms with Crippen LogP contribution in [0.15, 0.2) is 30.5 Å². The highest BCUT2D eigenvalue weighted by atomic mass is 32.1. The number of carbonyl (C=O) groups is 1. The Morgan fingerprint density at radius 3 is 2.65 bits per heavy atom. The van der Waals surface area contributed by atoms with Gasteiger partial charge in [0.2, 0.25) is 0 Å². The Morgan fingerprint density at radius 2 is 2.00 bits per heavy atom. The molecule has 0 aliphatic heterocycles. The molecular weight excluding hydrogens is 346 g/mol. The van der Waals surface area contributed by atoms with Crippen molar-refractivity contribution in [3.05, 3.63) is 41.7 Å². The summed E-state index contributed by atoms with van der Waals surface area (Å²) in [6, 6.07) is 8.03. The van der Waals surface area contributed by atoms with E-state index >= 15 is 0 Å². The quantitative estimate of drug-likeness (QED) is 0.664. The van der Waals surface area contributed by atoms with Crippen LogP contribution < -0.4 is 4.90 Å². The van der Waals surface area contributed by atoms with Crippen molar-refractivity contribution in [2.24, 2.45) is 0 Å². The Balaban J connectivity index is 2.02. The van der Waals surface area contributed by atoms with E-state index in [0.29, 0.717) is 12.2 Å². The predicted octanol–water partition coefficient (Wildman–Crippen LogP) is 3.59. The summed E-state index contributed by atoms with van der Waals surface area (Å²) in [5, 5.41) is 5.04. The summed E-state index contributed by atoms with van der Waals surface area (Å²) >= 11 is 1.56. The molecule has 0 atom stereocenters. The van der Waals surface area contributed by atoms with E-state index in [1.165, 1.54) is 0 Å². The van der Waals surface area contributed by atoms with Crippen LogP contribution in [-0.2, 0) is 0 Å². The molecule has 1 amide bonds. The highest BCUT2D eigenvalue weighted by Gasteiger charge is 2.25. The van der Waals surface area contributed by atoms with E-state index in [1.807, 2.05) is 47.0 Å². The molecule has 0 N–H and O–H groups in total. The summed E-state index contributed by atoms with van der Waals surface area (Å²) in [6.07, 6.45) is 1.68. The molecule has 0 saturated carbocycles. The fourth-order valence-electron chi connectivity index (χ4n) is 2.81. The van der Waals surface area contributed by atoms with Gasteiger partial charge >= 0.3 is 0 Å². The molecule has 0 bridgehead atoms. The maximum atomic E-state index is 13.3. The van der Waals surface area contributed by atoms with E-state index in [-0.39, 0.29) is 11.9 Å². The Hall–Kier alpha value is -2.25. The third-order valence-corrected chi connectivity index (χ3v) is 5.28. The van der Waals surface area contributed by atoms with Crippen LogP contribution in [0.3, 0.4) is 0 Å². The molecule has 26 heavy (non-hydrogen) atoms. The van der Waals surface area contributed by atoms with Gasteiger partial charge < -0.3 is 4.90 Å². The molecule has 3 aromatic rings. The lowest BCUT2D eigenvalue weighted by Crippen LogP contribution is -2.38. The van der Waals surface area contributed by atoms with Crippen molar-refractivity contribution < 1.29 is 4.79 Å². The van der Waals surface area contributed by atoms with Gasteiger partial charge in [0.15, 0.2) is 5.13 Å². The minimum atomic E-state index is -0.0604. The van der Waals surface area contributed by atoms with Crippen molar-refractivity contribution in [2.75, 3.05) is 32.1 Å². The van der Waals surface area contributed by atoms with Crippen LogP contribution in [0.1, 0.15) is 35.9 Å². The van der Waals surface area contributed by atoms with Gasteiger partial charge in [0.25, 0.3) is 5.91 Å². The van der Waals surface area contributed by atoms with E-state index in [0.717, 1.165) is 27.5 Å². The molecular formula is C19H25N5OS. The van der Waals surface area contributed by atoms with E-state index < -0.39 is 0 Å². The first-order valence-electron chi connectivity index (χ1n) is 8.74. The largest absolute Gasteiger partial charge is 0.308 e. The average Bonchev–Trinajstić information content (AvgIpc) is 3.22. The number of fused-ring (bicyclic) bond motifs is 1. The summed E-state index contributed by atoms with van der Waals surface area (Å²) in [4.78, 5) is 21.9. The van der Waals surface area contributed by atoms with E-state index in [9.17, 15) is 4.79 Å². The monoisotopic (exact) mass is 371 g/mol. The fraction of sp³-hybridized carbons (Fsp3) is 0.421. The van der Waals surface area contributed by atoms with Crippen molar-refractivity contribution in [1.82, 2.24) is 19.7 Å². The van der Waals surface area contributed by atoms with Gasteiger partial charge in [-0.1, -0.05) is 23.5 Å². The zero-order valence-electron chi connectivity index (χ0n) is 15.9. The molecule has 1 aromatic carbocycles. The second-order valence-electron chi connectivity index (χ2n) is 6.93. The molecule has 2 aromatic heterocycles. The highest BCUT2D eigenvalue weighted by molar-refractivity contribution is 7.22. The van der Waals surface area contributed by atoms with Crippen molar-refractivity contribution in [2.45, 2.75) is 26.8 Å². The average molecular weight is 372 g/mol. The molecule has 0 radical (unpaired) electrons. The number of benzene rings is 1. The topological polar surface area (TPSA) is 54.3 Å². The summed E-state index contributed by atoms with van der Waals surface area (Å²) in [5.74, 6) is -0.0604. The Bertz CT molecular complexity index is 912. The molecule has 2 heterocycles. The molecule has 7 heteroatoms. The molecule has 0 spiro atoms. The highest BCUT2D eigenvalue weighted by Crippen LogP contribution is 2.31. The second-order valence-corrected chi connectivity index (χ2v) is 7.94. The molecule has 138 valence electrons. The third kappa shape index (κ3) is 3.64. The minimum absolute atomic E-state index is 0.0604. The van der Waals surface area contributed by atoms with Crippen molar-refractivity contribution in [3.63, 3.8) is 0 Å². The van der Waals surface area contributed by atoms with Gasteiger partial charge in [-0.2, -0.15) is 5.10 Å². The molecule has 0 unspecified atom stereocenters. The number of amides is 1. The number of aromatic nitrogens is 3. The second kappa shape index (κ2) is 7.55. The molecule has 0 aliphatic rings. The van der Waals surface area contributed by atoms with Crippen LogP contribution in [0, 0.1) is 6.92 Å². The summed E-state index contributed by atoms with van der Waals surface area (Å²) in [6.45, 7) is 7.43. The number of para-hydroxylation sites is 1. The summed E-state index contributed by atoms with van der Waals surface area (Å²) in [7, 11) is 4.01. The Morgan fingerprint density at radius 1 is 1.23 bits per heavy atom. The van der Waals surface area contributed by atoms with Crippen molar-refractivity contribution in [1.29, 1.82) is 0 Å². The summed E-state index contributed by atoms with van der Waals surface area (Å²) < 4.78 is 2.86. The van der Waals surface area contributed by atoms with Gasteiger partial charge in [-0.05, 0) is 52.6 Å². The van der Waals surface area contributed by atoms with E-state index in [4.69, 9.17) is 4.98 Å². The first-order valence-corrected chi connectivity index (χ1v) is 9.56. The van der Waals surface area contributed by atoms with Gasteiger partial charge in [-0.15, -0.1) is 0 Å². The number of nitrogens with zero attached hydrogens (tertiary/aromatic N) is 5. The molecule has 3 rings (SSSR count). The summed E-state index contributed by atoms with van der Waals surface area (Å²) in [5.41, 5.74) is 2.68. The lowest BCUT2D eigenvalue weighted by atomic mass is 10.2. The predicted molar refractivity (Wildman–Crippen MR) is 107 cm³/mol. The Labute approximate surface area is 158 Å². The molecule has 0 aliphatic carbocycles. The number of carbonyl (C=O) groups excluding carboxylic acids is 1. The Kier molecular flexibility index (Phi) is 5.38. The smallest absolute Gasteiger partial charge is 0.278 e. The maximum Gasteiger partial charge on any atom is 0.278 e. The van der Waals surface area contributed by atoms with Crippen LogP contribution in [0.4, 0.5) is 5.13 Å². The third-order valence-electron chi connectivity index (χ3n) is 4.23. The SMILES string of the molecule is Cc1cccc2sc(N(CCN(C)C)C(=O)c3ccnn3C(C)C)nc12. The first kappa shape index (κ1) is 18.5. The molecule has 6 nitrogen and oxygen atoms in total. The zero-order valence-corrected chi connectivity index (χ0v) is 16.7. The van der Waals surface area contributed by atoms with Crippen LogP contribution in [0.2, 0.25) is 0 Å². The number of thiazole rings is 1. The lowest BCUT2D eigenvalue weighted by Gasteiger charge is -2.22. The van der Waals surface area contributed by atoms with Gasteiger partial charge in [0.05, 0.1) is 10.2 Å². The van der Waals surface area contributed by atoms with Crippen LogP contribution in [0.25, 0.3) is 10.2 Å². The van der Waals surface area contributed by atoms with Crippen LogP contribution in [-0.4, -0.2) is 52.8 Å². The zero-order chi connectivity index (χ0) is 18.8. The van der Waals surface area contributed by atoms with Crippen molar-refractivity contribution in [3.8, 4) is 0 Å². The van der Waals surface area contributed by atoms with Gasteiger partial charge in [-0.3, -0.25) is 14.4 Å². The van der Waals surface area contributed by atoms with Crippen LogP contribution in [0.5, 0.6) is 0 Å². The fourth-order valence-corrected chi connectivity index (χ4v) is 3.88.